The van der Waals surface area contributed by atoms with Crippen molar-refractivity contribution in [1.29, 1.82) is 0 Å². The third-order valence-corrected chi connectivity index (χ3v) is 5.26. The highest BCUT2D eigenvalue weighted by molar-refractivity contribution is 5.42. The largest absolute Gasteiger partial charge is 0.379 e. The average Bonchev–Trinajstić information content (AvgIpc) is 2.80. The number of hydrogen-bond donors (Lipinski definition) is 1. The minimum Gasteiger partial charge on any atom is -0.379 e. The summed E-state index contributed by atoms with van der Waals surface area (Å²) < 4.78 is 18.5. The van der Waals surface area contributed by atoms with Gasteiger partial charge in [-0.2, -0.15) is 0 Å². The first-order valence-electron chi connectivity index (χ1n) is 9.49. The number of halogens is 1. The monoisotopic (exact) mass is 356 g/mol. The number of morpholine rings is 1. The molecule has 0 saturated carbocycles. The van der Waals surface area contributed by atoms with E-state index in [0.717, 1.165) is 51.1 Å². The van der Waals surface area contributed by atoms with Crippen molar-refractivity contribution in [3.05, 3.63) is 70.5 Å². The summed E-state index contributed by atoms with van der Waals surface area (Å²) in [6.45, 7) is 4.69. The van der Waals surface area contributed by atoms with E-state index in [1.807, 2.05) is 6.07 Å². The van der Waals surface area contributed by atoms with E-state index in [2.05, 4.69) is 36.2 Å². The molecule has 2 aromatic carbocycles. The smallest absolute Gasteiger partial charge is 0.123 e. The standard InChI is InChI=1S/C17H18FN.C5H11NO/c18-16-6-5-12-9-13-3-1-2-4-17(13)14(7-8-19)10-15(12)11-16;1-6-2-4-7-5-3-6/h1-6,11,14H,7-10,19H2;2-5H2,1H3/t14-;/m0./s1. The predicted molar refractivity (Wildman–Crippen MR) is 104 cm³/mol. The van der Waals surface area contributed by atoms with Crippen LogP contribution in [0.15, 0.2) is 42.5 Å². The number of nitrogens with two attached hydrogens (primary N) is 1. The molecular formula is C22H29FN2O. The van der Waals surface area contributed by atoms with Crippen molar-refractivity contribution in [1.82, 2.24) is 4.90 Å². The van der Waals surface area contributed by atoms with Crippen molar-refractivity contribution in [2.75, 3.05) is 39.9 Å². The van der Waals surface area contributed by atoms with E-state index in [1.165, 1.54) is 16.7 Å². The van der Waals surface area contributed by atoms with Crippen molar-refractivity contribution in [3.8, 4) is 0 Å². The molecule has 0 spiro atoms. The number of ether oxygens (including phenoxy) is 1. The Kier molecular flexibility index (Phi) is 6.78. The molecule has 1 atom stereocenters. The number of likely N-dealkylation sites (N-methyl/N-ethyl adjacent to an activating group) is 1. The van der Waals surface area contributed by atoms with E-state index >= 15 is 0 Å². The van der Waals surface area contributed by atoms with Gasteiger partial charge in [-0.15, -0.1) is 0 Å². The Morgan fingerprint density at radius 3 is 2.54 bits per heavy atom. The maximum absolute atomic E-state index is 13.4. The van der Waals surface area contributed by atoms with Crippen LogP contribution in [0, 0.1) is 5.82 Å². The average molecular weight is 356 g/mol. The fraction of sp³-hybridized carbons (Fsp3) is 0.455. The van der Waals surface area contributed by atoms with Gasteiger partial charge in [-0.25, -0.2) is 4.39 Å². The van der Waals surface area contributed by atoms with Crippen molar-refractivity contribution >= 4 is 0 Å². The lowest BCUT2D eigenvalue weighted by molar-refractivity contribution is 0.0503. The normalized spacial score (nSPS) is 19.6. The van der Waals surface area contributed by atoms with E-state index in [-0.39, 0.29) is 5.82 Å². The maximum atomic E-state index is 13.4. The molecule has 3 nitrogen and oxygen atoms in total. The molecule has 2 aromatic rings. The zero-order valence-corrected chi connectivity index (χ0v) is 15.6. The molecule has 1 aliphatic heterocycles. The Bertz CT molecular complexity index is 713. The lowest BCUT2D eigenvalue weighted by Crippen LogP contribution is -2.32. The van der Waals surface area contributed by atoms with Gasteiger partial charge < -0.3 is 15.4 Å². The second-order valence-corrected chi connectivity index (χ2v) is 7.18. The molecule has 0 radical (unpaired) electrons. The predicted octanol–water partition coefficient (Wildman–Crippen LogP) is 3.35. The number of rotatable bonds is 2. The van der Waals surface area contributed by atoms with Gasteiger partial charge in [0, 0.05) is 13.1 Å². The Morgan fingerprint density at radius 2 is 1.85 bits per heavy atom. The number of nitrogens with zero attached hydrogens (tertiary/aromatic N) is 1. The highest BCUT2D eigenvalue weighted by Gasteiger charge is 2.21. The summed E-state index contributed by atoms with van der Waals surface area (Å²) in [7, 11) is 2.11. The van der Waals surface area contributed by atoms with E-state index < -0.39 is 0 Å². The maximum Gasteiger partial charge on any atom is 0.123 e. The lowest BCUT2D eigenvalue weighted by Gasteiger charge is -2.21. The second kappa shape index (κ2) is 9.26. The van der Waals surface area contributed by atoms with E-state index in [0.29, 0.717) is 12.5 Å². The van der Waals surface area contributed by atoms with Gasteiger partial charge in [-0.3, -0.25) is 0 Å². The third kappa shape index (κ3) is 4.91. The SMILES string of the molecule is CN1CCOCC1.NCC[C@H]1Cc2cc(F)ccc2Cc2ccccc21. The highest BCUT2D eigenvalue weighted by atomic mass is 19.1. The molecule has 1 fully saturated rings. The van der Waals surface area contributed by atoms with Gasteiger partial charge in [0.2, 0.25) is 0 Å². The summed E-state index contributed by atoms with van der Waals surface area (Å²) in [6, 6.07) is 13.7. The molecule has 4 heteroatoms. The first-order chi connectivity index (χ1) is 12.7. The summed E-state index contributed by atoms with van der Waals surface area (Å²) in [4.78, 5) is 2.27. The van der Waals surface area contributed by atoms with Crippen molar-refractivity contribution < 1.29 is 9.13 Å². The zero-order chi connectivity index (χ0) is 18.4. The van der Waals surface area contributed by atoms with Crippen LogP contribution in [-0.4, -0.2) is 44.8 Å². The van der Waals surface area contributed by atoms with Crippen LogP contribution in [0.3, 0.4) is 0 Å². The molecule has 0 bridgehead atoms. The van der Waals surface area contributed by atoms with Crippen LogP contribution >= 0.6 is 0 Å². The van der Waals surface area contributed by atoms with E-state index in [9.17, 15) is 4.39 Å². The van der Waals surface area contributed by atoms with Crippen LogP contribution in [0.4, 0.5) is 4.39 Å². The number of fused-ring (bicyclic) bond motifs is 2. The van der Waals surface area contributed by atoms with Crippen molar-refractivity contribution in [2.45, 2.75) is 25.2 Å². The molecule has 0 aromatic heterocycles. The van der Waals surface area contributed by atoms with Crippen LogP contribution in [-0.2, 0) is 17.6 Å². The van der Waals surface area contributed by atoms with Gasteiger partial charge in [-0.1, -0.05) is 30.3 Å². The van der Waals surface area contributed by atoms with E-state index in [1.54, 1.807) is 12.1 Å². The summed E-state index contributed by atoms with van der Waals surface area (Å²) in [5, 5.41) is 0. The summed E-state index contributed by atoms with van der Waals surface area (Å²) in [6.07, 6.45) is 2.74. The van der Waals surface area contributed by atoms with Gasteiger partial charge in [0.05, 0.1) is 13.2 Å². The summed E-state index contributed by atoms with van der Waals surface area (Å²) in [5.74, 6) is 0.264. The van der Waals surface area contributed by atoms with Gasteiger partial charge in [0.25, 0.3) is 0 Å². The van der Waals surface area contributed by atoms with Crippen molar-refractivity contribution in [2.24, 2.45) is 5.73 Å². The fourth-order valence-electron chi connectivity index (χ4n) is 3.74. The highest BCUT2D eigenvalue weighted by Crippen LogP contribution is 2.33. The summed E-state index contributed by atoms with van der Waals surface area (Å²) >= 11 is 0. The Balaban J connectivity index is 0.000000236. The van der Waals surface area contributed by atoms with Crippen LogP contribution in [0.2, 0.25) is 0 Å². The van der Waals surface area contributed by atoms with Gasteiger partial charge in [-0.05, 0) is 73.2 Å². The third-order valence-electron chi connectivity index (χ3n) is 5.26. The molecule has 1 aliphatic carbocycles. The van der Waals surface area contributed by atoms with Gasteiger partial charge in [0.15, 0.2) is 0 Å². The summed E-state index contributed by atoms with van der Waals surface area (Å²) in [5.41, 5.74) is 10.9. The molecule has 140 valence electrons. The first-order valence-corrected chi connectivity index (χ1v) is 9.49. The fourth-order valence-corrected chi connectivity index (χ4v) is 3.74. The molecular weight excluding hydrogens is 327 g/mol. The van der Waals surface area contributed by atoms with Crippen LogP contribution in [0.5, 0.6) is 0 Å². The Labute approximate surface area is 156 Å². The van der Waals surface area contributed by atoms with E-state index in [4.69, 9.17) is 10.5 Å². The second-order valence-electron chi connectivity index (χ2n) is 7.18. The minimum atomic E-state index is -0.142. The molecule has 2 aliphatic rings. The molecule has 2 N–H and O–H groups in total. The van der Waals surface area contributed by atoms with Gasteiger partial charge in [0.1, 0.15) is 5.82 Å². The van der Waals surface area contributed by atoms with Gasteiger partial charge >= 0.3 is 0 Å². The molecule has 0 amide bonds. The van der Waals surface area contributed by atoms with Crippen LogP contribution in [0.1, 0.15) is 34.6 Å². The van der Waals surface area contributed by atoms with Crippen molar-refractivity contribution in [3.63, 3.8) is 0 Å². The lowest BCUT2D eigenvalue weighted by atomic mass is 9.89. The minimum absolute atomic E-state index is 0.142. The number of benzene rings is 2. The topological polar surface area (TPSA) is 38.5 Å². The molecule has 1 saturated heterocycles. The molecule has 1 heterocycles. The first kappa shape index (κ1) is 19.0. The molecule has 0 unspecified atom stereocenters. The number of hydrogen-bond acceptors (Lipinski definition) is 3. The van der Waals surface area contributed by atoms with Crippen LogP contribution < -0.4 is 5.73 Å². The molecule has 26 heavy (non-hydrogen) atoms. The quantitative estimate of drug-likeness (QED) is 0.897. The zero-order valence-electron chi connectivity index (χ0n) is 15.6. The Morgan fingerprint density at radius 1 is 1.08 bits per heavy atom. The molecule has 4 rings (SSSR count). The Hall–Kier alpha value is -1.75. The van der Waals surface area contributed by atoms with Crippen LogP contribution in [0.25, 0.3) is 0 Å².